The van der Waals surface area contributed by atoms with Crippen LogP contribution in [0.5, 0.6) is 0 Å². The van der Waals surface area contributed by atoms with Gasteiger partial charge in [-0.1, -0.05) is 78.9 Å². The predicted molar refractivity (Wildman–Crippen MR) is 117 cm³/mol. The van der Waals surface area contributed by atoms with Crippen molar-refractivity contribution >= 4 is 43.6 Å². The lowest BCUT2D eigenvalue weighted by Crippen LogP contribution is -1.91. The maximum absolute atomic E-state index is 5.03. The van der Waals surface area contributed by atoms with Crippen molar-refractivity contribution in [2.75, 3.05) is 0 Å². The van der Waals surface area contributed by atoms with Crippen LogP contribution in [0.15, 0.2) is 97.1 Å². The molecule has 28 heavy (non-hydrogen) atoms. The monoisotopic (exact) mass is 356 g/mol. The van der Waals surface area contributed by atoms with Crippen molar-refractivity contribution in [3.63, 3.8) is 0 Å². The third kappa shape index (κ3) is 2.21. The normalized spacial score (nSPS) is 11.6. The van der Waals surface area contributed by atoms with E-state index in [4.69, 9.17) is 9.97 Å². The van der Waals surface area contributed by atoms with E-state index >= 15 is 0 Å². The van der Waals surface area contributed by atoms with Gasteiger partial charge in [0.15, 0.2) is 0 Å². The van der Waals surface area contributed by atoms with E-state index in [9.17, 15) is 0 Å². The molecule has 0 aliphatic rings. The smallest absolute Gasteiger partial charge is 0.0979 e. The second-order valence-electron chi connectivity index (χ2n) is 7.08. The van der Waals surface area contributed by atoms with Crippen LogP contribution < -0.4 is 0 Å². The van der Waals surface area contributed by atoms with Gasteiger partial charge in [0.25, 0.3) is 0 Å². The Balaban J connectivity index is 1.83. The Morgan fingerprint density at radius 2 is 0.964 bits per heavy atom. The van der Waals surface area contributed by atoms with E-state index in [1.165, 1.54) is 21.9 Å². The number of hydrogen-bond donors (Lipinski definition) is 0. The molecule has 0 N–H and O–H groups in total. The molecule has 0 radical (unpaired) electrons. The fourth-order valence-corrected chi connectivity index (χ4v) is 4.09. The van der Waals surface area contributed by atoms with Crippen molar-refractivity contribution < 1.29 is 0 Å². The zero-order chi connectivity index (χ0) is 18.5. The summed E-state index contributed by atoms with van der Waals surface area (Å²) in [6.07, 6.45) is 0. The first-order valence-corrected chi connectivity index (χ1v) is 9.45. The fourth-order valence-electron chi connectivity index (χ4n) is 4.09. The van der Waals surface area contributed by atoms with Gasteiger partial charge in [0, 0.05) is 10.8 Å². The van der Waals surface area contributed by atoms with Crippen molar-refractivity contribution in [1.82, 2.24) is 9.97 Å². The van der Waals surface area contributed by atoms with E-state index in [0.29, 0.717) is 0 Å². The van der Waals surface area contributed by atoms with Crippen molar-refractivity contribution in [3.05, 3.63) is 97.1 Å². The summed E-state index contributed by atoms with van der Waals surface area (Å²) in [5, 5.41) is 4.73. The van der Waals surface area contributed by atoms with Crippen molar-refractivity contribution in [2.24, 2.45) is 0 Å². The van der Waals surface area contributed by atoms with Gasteiger partial charge >= 0.3 is 0 Å². The molecule has 0 aliphatic carbocycles. The standard InChI is InChI=1S/C26H16N2/c1-2-8-17(9-3-1)18-14-15-20-19-10-4-5-11-21(19)25-26(22(20)16-18)28-24-13-7-6-12-23(24)27-25/h1-16H. The fraction of sp³-hybridized carbons (Fsp3) is 0. The van der Waals surface area contributed by atoms with Gasteiger partial charge in [0.2, 0.25) is 0 Å². The molecule has 6 aromatic rings. The van der Waals surface area contributed by atoms with Gasteiger partial charge in [-0.2, -0.15) is 0 Å². The molecule has 0 spiro atoms. The molecule has 2 heteroatoms. The molecule has 130 valence electrons. The molecular formula is C26H16N2. The summed E-state index contributed by atoms with van der Waals surface area (Å²) in [6, 6.07) is 33.7. The number of fused-ring (bicyclic) bond motifs is 7. The number of hydrogen-bond acceptors (Lipinski definition) is 2. The van der Waals surface area contributed by atoms with Crippen LogP contribution in [0.2, 0.25) is 0 Å². The number of nitrogens with zero attached hydrogens (tertiary/aromatic N) is 2. The summed E-state index contributed by atoms with van der Waals surface area (Å²) >= 11 is 0. The Kier molecular flexibility index (Phi) is 3.20. The number of rotatable bonds is 1. The lowest BCUT2D eigenvalue weighted by atomic mass is 9.95. The summed E-state index contributed by atoms with van der Waals surface area (Å²) in [4.78, 5) is 10.0. The lowest BCUT2D eigenvalue weighted by Gasteiger charge is -2.11. The van der Waals surface area contributed by atoms with Crippen LogP contribution in [0.3, 0.4) is 0 Å². The second kappa shape index (κ2) is 5.86. The molecule has 0 unspecified atom stereocenters. The van der Waals surface area contributed by atoms with Gasteiger partial charge in [0.1, 0.15) is 0 Å². The summed E-state index contributed by atoms with van der Waals surface area (Å²) in [5.74, 6) is 0. The highest BCUT2D eigenvalue weighted by Gasteiger charge is 2.13. The average molecular weight is 356 g/mol. The predicted octanol–water partition coefficient (Wildman–Crippen LogP) is 6.76. The molecule has 0 saturated carbocycles. The van der Waals surface area contributed by atoms with Gasteiger partial charge in [-0.05, 0) is 40.1 Å². The first kappa shape index (κ1) is 15.3. The number of benzene rings is 5. The Bertz CT molecular complexity index is 1500. The third-order valence-electron chi connectivity index (χ3n) is 5.42. The molecule has 0 saturated heterocycles. The van der Waals surface area contributed by atoms with Crippen LogP contribution in [0.4, 0.5) is 0 Å². The molecule has 1 aromatic heterocycles. The van der Waals surface area contributed by atoms with Crippen LogP contribution in [-0.2, 0) is 0 Å². The highest BCUT2D eigenvalue weighted by atomic mass is 14.8. The Labute approximate surface area is 162 Å². The number of para-hydroxylation sites is 2. The molecule has 5 aromatic carbocycles. The van der Waals surface area contributed by atoms with E-state index in [1.54, 1.807) is 0 Å². The highest BCUT2D eigenvalue weighted by Crippen LogP contribution is 2.36. The van der Waals surface area contributed by atoms with Gasteiger partial charge in [-0.25, -0.2) is 9.97 Å². The molecule has 0 fully saturated rings. The van der Waals surface area contributed by atoms with Crippen LogP contribution in [0, 0.1) is 0 Å². The summed E-state index contributed by atoms with van der Waals surface area (Å²) in [7, 11) is 0. The van der Waals surface area contributed by atoms with Gasteiger partial charge in [-0.15, -0.1) is 0 Å². The maximum Gasteiger partial charge on any atom is 0.0979 e. The molecule has 6 rings (SSSR count). The molecule has 2 nitrogen and oxygen atoms in total. The van der Waals surface area contributed by atoms with Crippen molar-refractivity contribution in [3.8, 4) is 11.1 Å². The lowest BCUT2D eigenvalue weighted by molar-refractivity contribution is 1.42. The Morgan fingerprint density at radius 1 is 0.393 bits per heavy atom. The molecule has 0 atom stereocenters. The minimum atomic E-state index is 0.927. The molecule has 1 heterocycles. The Hall–Kier alpha value is -3.78. The van der Waals surface area contributed by atoms with Crippen LogP contribution in [-0.4, -0.2) is 9.97 Å². The maximum atomic E-state index is 5.03. The quantitative estimate of drug-likeness (QED) is 0.240. The summed E-state index contributed by atoms with van der Waals surface area (Å²) in [6.45, 7) is 0. The van der Waals surface area contributed by atoms with E-state index < -0.39 is 0 Å². The number of aromatic nitrogens is 2. The van der Waals surface area contributed by atoms with E-state index in [-0.39, 0.29) is 0 Å². The first-order chi connectivity index (χ1) is 13.9. The second-order valence-corrected chi connectivity index (χ2v) is 7.08. The van der Waals surface area contributed by atoms with Crippen molar-refractivity contribution in [1.29, 1.82) is 0 Å². The molecular weight excluding hydrogens is 340 g/mol. The molecule has 0 amide bonds. The average Bonchev–Trinajstić information content (AvgIpc) is 2.78. The molecule has 0 bridgehead atoms. The van der Waals surface area contributed by atoms with Gasteiger partial charge in [-0.3, -0.25) is 0 Å². The van der Waals surface area contributed by atoms with Crippen LogP contribution in [0.1, 0.15) is 0 Å². The Morgan fingerprint density at radius 3 is 1.71 bits per heavy atom. The topological polar surface area (TPSA) is 25.8 Å². The van der Waals surface area contributed by atoms with Gasteiger partial charge in [0.05, 0.1) is 22.1 Å². The largest absolute Gasteiger partial charge is 0.244 e. The molecule has 0 aliphatic heterocycles. The highest BCUT2D eigenvalue weighted by molar-refractivity contribution is 6.24. The van der Waals surface area contributed by atoms with Crippen LogP contribution >= 0.6 is 0 Å². The summed E-state index contributed by atoms with van der Waals surface area (Å²) < 4.78 is 0. The van der Waals surface area contributed by atoms with Crippen molar-refractivity contribution in [2.45, 2.75) is 0 Å². The zero-order valence-electron chi connectivity index (χ0n) is 15.1. The minimum absolute atomic E-state index is 0.927. The van der Waals surface area contributed by atoms with Crippen LogP contribution in [0.25, 0.3) is 54.7 Å². The third-order valence-corrected chi connectivity index (χ3v) is 5.42. The summed E-state index contributed by atoms with van der Waals surface area (Å²) in [5.41, 5.74) is 6.19. The van der Waals surface area contributed by atoms with Gasteiger partial charge < -0.3 is 0 Å². The van der Waals surface area contributed by atoms with E-state index in [1.807, 2.05) is 30.3 Å². The SMILES string of the molecule is c1ccc(-c2ccc3c4ccccc4c4nc5ccccc5nc4c3c2)cc1. The van der Waals surface area contributed by atoms with E-state index in [0.717, 1.165) is 32.8 Å². The minimum Gasteiger partial charge on any atom is -0.244 e. The first-order valence-electron chi connectivity index (χ1n) is 9.45. The van der Waals surface area contributed by atoms with E-state index in [2.05, 4.69) is 66.7 Å². The zero-order valence-corrected chi connectivity index (χ0v) is 15.1.